The van der Waals surface area contributed by atoms with E-state index in [9.17, 15) is 0 Å². The molecule has 0 heterocycles. The van der Waals surface area contributed by atoms with Crippen molar-refractivity contribution in [3.63, 3.8) is 0 Å². The molecular formula is C10H23IO2Si. The number of hydrogen-bond donors (Lipinski definition) is 0. The lowest BCUT2D eigenvalue weighted by Crippen LogP contribution is -2.41. The molecular weight excluding hydrogens is 307 g/mol. The highest BCUT2D eigenvalue weighted by Gasteiger charge is 2.27. The minimum absolute atomic E-state index is 0.250. The van der Waals surface area contributed by atoms with Crippen molar-refractivity contribution in [2.75, 3.05) is 4.43 Å². The highest BCUT2D eigenvalue weighted by Crippen LogP contribution is 2.20. The molecule has 0 unspecified atom stereocenters. The minimum atomic E-state index is -0.270. The van der Waals surface area contributed by atoms with Crippen molar-refractivity contribution in [2.45, 2.75) is 58.2 Å². The fourth-order valence-corrected chi connectivity index (χ4v) is 3.21. The van der Waals surface area contributed by atoms with E-state index in [1.807, 2.05) is 0 Å². The Morgan fingerprint density at radius 1 is 1.14 bits per heavy atom. The lowest BCUT2D eigenvalue weighted by molar-refractivity contribution is -0.217. The van der Waals surface area contributed by atoms with E-state index in [0.717, 1.165) is 16.7 Å². The molecule has 0 aromatic heterocycles. The van der Waals surface area contributed by atoms with E-state index in [2.05, 4.69) is 50.3 Å². The second-order valence-corrected chi connectivity index (χ2v) is 6.86. The van der Waals surface area contributed by atoms with Crippen LogP contribution in [0.25, 0.3) is 0 Å². The number of rotatable bonds is 7. The zero-order valence-corrected chi connectivity index (χ0v) is 14.1. The van der Waals surface area contributed by atoms with Gasteiger partial charge in [-0.15, -0.1) is 0 Å². The van der Waals surface area contributed by atoms with Crippen LogP contribution in [0.4, 0.5) is 0 Å². The number of alkyl halides is 1. The summed E-state index contributed by atoms with van der Waals surface area (Å²) in [7, 11) is 0.931. The number of halogens is 1. The molecule has 0 aliphatic heterocycles. The lowest BCUT2D eigenvalue weighted by atomic mass is 10.3. The standard InChI is InChI=1S/C10H23IO2Si/c1-8(2)12-10(14,6-5-7-11)13-9(3)4/h8-9H,5-7H2,1-4,14H3. The zero-order valence-electron chi connectivity index (χ0n) is 9.97. The Bertz CT molecular complexity index is 141. The molecule has 0 amide bonds. The first-order valence-corrected chi connectivity index (χ1v) is 7.84. The summed E-state index contributed by atoms with van der Waals surface area (Å²) in [5.74, 6) is 0. The van der Waals surface area contributed by atoms with Crippen molar-refractivity contribution in [2.24, 2.45) is 0 Å². The summed E-state index contributed by atoms with van der Waals surface area (Å²) in [5.41, 5.74) is -0.270. The molecule has 0 bridgehead atoms. The van der Waals surface area contributed by atoms with Crippen molar-refractivity contribution in [1.29, 1.82) is 0 Å². The van der Waals surface area contributed by atoms with Crippen LogP contribution < -0.4 is 0 Å². The van der Waals surface area contributed by atoms with Crippen LogP contribution in [0.15, 0.2) is 0 Å². The van der Waals surface area contributed by atoms with E-state index in [1.165, 1.54) is 10.8 Å². The van der Waals surface area contributed by atoms with Gasteiger partial charge in [0.1, 0.15) is 5.41 Å². The summed E-state index contributed by atoms with van der Waals surface area (Å²) >= 11 is 2.40. The average molecular weight is 330 g/mol. The number of hydrogen-bond acceptors (Lipinski definition) is 2. The monoisotopic (exact) mass is 330 g/mol. The fraction of sp³-hybridized carbons (Fsp3) is 1.00. The summed E-state index contributed by atoms with van der Waals surface area (Å²) in [6.07, 6.45) is 2.70. The van der Waals surface area contributed by atoms with Crippen molar-refractivity contribution in [1.82, 2.24) is 0 Å². The molecule has 0 fully saturated rings. The third kappa shape index (κ3) is 7.20. The van der Waals surface area contributed by atoms with E-state index in [4.69, 9.17) is 9.47 Å². The van der Waals surface area contributed by atoms with Crippen molar-refractivity contribution < 1.29 is 9.47 Å². The van der Waals surface area contributed by atoms with E-state index in [1.54, 1.807) is 0 Å². The van der Waals surface area contributed by atoms with Gasteiger partial charge in [0.2, 0.25) is 0 Å². The first-order chi connectivity index (χ1) is 6.39. The van der Waals surface area contributed by atoms with E-state index in [0.29, 0.717) is 0 Å². The van der Waals surface area contributed by atoms with E-state index in [-0.39, 0.29) is 17.6 Å². The highest BCUT2D eigenvalue weighted by molar-refractivity contribution is 14.1. The van der Waals surface area contributed by atoms with Gasteiger partial charge >= 0.3 is 0 Å². The van der Waals surface area contributed by atoms with E-state index < -0.39 is 0 Å². The summed E-state index contributed by atoms with van der Waals surface area (Å²) in [6, 6.07) is 0. The molecule has 4 heteroatoms. The predicted octanol–water partition coefficient (Wildman–Crippen LogP) is 2.07. The third-order valence-electron chi connectivity index (χ3n) is 1.73. The molecule has 0 radical (unpaired) electrons. The molecule has 0 atom stereocenters. The van der Waals surface area contributed by atoms with Crippen LogP contribution in [0, 0.1) is 0 Å². The quantitative estimate of drug-likeness (QED) is 0.308. The van der Waals surface area contributed by atoms with Gasteiger partial charge in [-0.05, 0) is 45.0 Å². The van der Waals surface area contributed by atoms with Gasteiger partial charge in [0, 0.05) is 0 Å². The van der Waals surface area contributed by atoms with Gasteiger partial charge in [-0.2, -0.15) is 0 Å². The van der Waals surface area contributed by atoms with Crippen LogP contribution >= 0.6 is 22.6 Å². The number of ether oxygens (including phenoxy) is 2. The predicted molar refractivity (Wildman–Crippen MR) is 73.2 cm³/mol. The Kier molecular flexibility index (Phi) is 7.64. The van der Waals surface area contributed by atoms with Crippen LogP contribution in [0.2, 0.25) is 0 Å². The Morgan fingerprint density at radius 2 is 1.57 bits per heavy atom. The zero-order chi connectivity index (χ0) is 11.2. The maximum Gasteiger partial charge on any atom is 0.142 e. The third-order valence-corrected chi connectivity index (χ3v) is 3.47. The van der Waals surface area contributed by atoms with Crippen molar-refractivity contribution >= 4 is 32.8 Å². The van der Waals surface area contributed by atoms with E-state index >= 15 is 0 Å². The lowest BCUT2D eigenvalue weighted by Gasteiger charge is -2.34. The summed E-state index contributed by atoms with van der Waals surface area (Å²) in [5, 5.41) is 0. The molecule has 2 nitrogen and oxygen atoms in total. The fourth-order valence-electron chi connectivity index (χ4n) is 1.53. The van der Waals surface area contributed by atoms with Crippen LogP contribution in [-0.4, -0.2) is 32.3 Å². The maximum atomic E-state index is 5.89. The summed E-state index contributed by atoms with van der Waals surface area (Å²) < 4.78 is 12.9. The molecule has 14 heavy (non-hydrogen) atoms. The summed E-state index contributed by atoms with van der Waals surface area (Å²) in [6.45, 7) is 8.28. The van der Waals surface area contributed by atoms with Crippen molar-refractivity contribution in [3.05, 3.63) is 0 Å². The maximum absolute atomic E-state index is 5.89. The molecule has 0 saturated carbocycles. The Labute approximate surface area is 105 Å². The normalized spacial score (nSPS) is 13.1. The molecule has 0 aliphatic carbocycles. The molecule has 0 spiro atoms. The molecule has 0 N–H and O–H groups in total. The van der Waals surface area contributed by atoms with Gasteiger partial charge < -0.3 is 9.47 Å². The largest absolute Gasteiger partial charge is 0.352 e. The average Bonchev–Trinajstić information content (AvgIpc) is 1.97. The van der Waals surface area contributed by atoms with Gasteiger partial charge in [0.25, 0.3) is 0 Å². The second kappa shape index (κ2) is 7.19. The molecule has 0 saturated heterocycles. The van der Waals surface area contributed by atoms with Crippen molar-refractivity contribution in [3.8, 4) is 0 Å². The molecule has 0 rings (SSSR count). The van der Waals surface area contributed by atoms with Crippen LogP contribution in [0.1, 0.15) is 40.5 Å². The van der Waals surface area contributed by atoms with Gasteiger partial charge in [0.15, 0.2) is 0 Å². The Hall–Kier alpha value is 0.867. The molecule has 86 valence electrons. The Balaban J connectivity index is 4.17. The molecule has 0 aromatic carbocycles. The SMILES string of the molecule is CC(C)OC([SiH3])(CCCI)OC(C)C. The van der Waals surface area contributed by atoms with Gasteiger partial charge in [0.05, 0.1) is 22.5 Å². The Morgan fingerprint density at radius 3 is 1.86 bits per heavy atom. The smallest absolute Gasteiger partial charge is 0.142 e. The minimum Gasteiger partial charge on any atom is -0.352 e. The van der Waals surface area contributed by atoms with Crippen LogP contribution in [0.5, 0.6) is 0 Å². The van der Waals surface area contributed by atoms with Crippen LogP contribution in [0.3, 0.4) is 0 Å². The van der Waals surface area contributed by atoms with Gasteiger partial charge in [-0.1, -0.05) is 22.6 Å². The highest BCUT2D eigenvalue weighted by atomic mass is 127. The molecule has 0 aromatic rings. The van der Waals surface area contributed by atoms with Gasteiger partial charge in [-0.25, -0.2) is 0 Å². The first kappa shape index (κ1) is 14.9. The molecule has 0 aliphatic rings. The van der Waals surface area contributed by atoms with Crippen LogP contribution in [-0.2, 0) is 9.47 Å². The topological polar surface area (TPSA) is 18.5 Å². The second-order valence-electron chi connectivity index (χ2n) is 4.26. The summed E-state index contributed by atoms with van der Waals surface area (Å²) in [4.78, 5) is 0. The van der Waals surface area contributed by atoms with Gasteiger partial charge in [-0.3, -0.25) is 0 Å². The first-order valence-electron chi connectivity index (χ1n) is 5.31.